The highest BCUT2D eigenvalue weighted by Gasteiger charge is 2.20. The predicted molar refractivity (Wildman–Crippen MR) is 178 cm³/mol. The lowest BCUT2D eigenvalue weighted by molar-refractivity contribution is -0.116. The van der Waals surface area contributed by atoms with Gasteiger partial charge in [-0.1, -0.05) is 43.3 Å². The normalized spacial score (nSPS) is 11.6. The molecule has 0 bridgehead atoms. The van der Waals surface area contributed by atoms with Gasteiger partial charge in [-0.25, -0.2) is 0 Å². The van der Waals surface area contributed by atoms with E-state index in [1.165, 1.54) is 11.8 Å². The number of hydrogen-bond donors (Lipinski definition) is 3. The van der Waals surface area contributed by atoms with Crippen LogP contribution in [0.25, 0.3) is 6.08 Å². The fraction of sp³-hybridized carbons (Fsp3) is 0.171. The first-order chi connectivity index (χ1) is 21.8. The van der Waals surface area contributed by atoms with Crippen molar-refractivity contribution in [2.45, 2.75) is 23.5 Å². The van der Waals surface area contributed by atoms with Gasteiger partial charge in [-0.2, -0.15) is 0 Å². The van der Waals surface area contributed by atoms with Crippen LogP contribution in [0.1, 0.15) is 29.3 Å². The van der Waals surface area contributed by atoms with Crippen molar-refractivity contribution in [1.82, 2.24) is 5.32 Å². The van der Waals surface area contributed by atoms with Gasteiger partial charge in [0.05, 0.1) is 26.6 Å². The molecule has 0 aliphatic rings. The number of methoxy groups -OCH3 is 3. The van der Waals surface area contributed by atoms with Crippen molar-refractivity contribution < 1.29 is 28.6 Å². The van der Waals surface area contributed by atoms with Crippen LogP contribution in [0.3, 0.4) is 0 Å². The highest BCUT2D eigenvalue weighted by atomic mass is 32.2. The average Bonchev–Trinajstić information content (AvgIpc) is 3.07. The lowest BCUT2D eigenvalue weighted by Crippen LogP contribution is -2.30. The van der Waals surface area contributed by atoms with E-state index in [0.717, 1.165) is 4.90 Å². The molecule has 232 valence electrons. The molecule has 0 aliphatic carbocycles. The van der Waals surface area contributed by atoms with Crippen LogP contribution in [0.5, 0.6) is 17.2 Å². The van der Waals surface area contributed by atoms with Crippen LogP contribution in [0, 0.1) is 0 Å². The van der Waals surface area contributed by atoms with Gasteiger partial charge in [-0.05, 0) is 60.5 Å². The van der Waals surface area contributed by atoms with Gasteiger partial charge < -0.3 is 30.2 Å². The standard InChI is InChI=1S/C35H35N3O6S/c1-5-32(35(41)37-26-19-28(43-3)22-29(20-26)44-4)45-30-16-10-14-25(21-30)36-34(40)31(18-23-11-9-15-27(17-23)42-2)38-33(39)24-12-7-6-8-13-24/h6-22,32H,5H2,1-4H3,(H,36,40)(H,37,41)(H,38,39)/b31-18-. The minimum absolute atomic E-state index is 0.0506. The highest BCUT2D eigenvalue weighted by molar-refractivity contribution is 8.00. The summed E-state index contributed by atoms with van der Waals surface area (Å²) in [6, 6.07) is 28.2. The predicted octanol–water partition coefficient (Wildman–Crippen LogP) is 6.63. The Morgan fingerprint density at radius 3 is 2.09 bits per heavy atom. The van der Waals surface area contributed by atoms with Crippen molar-refractivity contribution in [2.24, 2.45) is 0 Å². The van der Waals surface area contributed by atoms with E-state index in [-0.39, 0.29) is 11.6 Å². The van der Waals surface area contributed by atoms with Crippen molar-refractivity contribution >= 4 is 46.9 Å². The van der Waals surface area contributed by atoms with Gasteiger partial charge in [0.1, 0.15) is 22.9 Å². The molecule has 0 saturated carbocycles. The zero-order chi connectivity index (χ0) is 32.2. The first-order valence-corrected chi connectivity index (χ1v) is 15.0. The maximum atomic E-state index is 13.5. The number of anilines is 2. The maximum Gasteiger partial charge on any atom is 0.272 e. The maximum absolute atomic E-state index is 13.5. The number of amides is 3. The Morgan fingerprint density at radius 2 is 1.42 bits per heavy atom. The molecule has 45 heavy (non-hydrogen) atoms. The molecule has 0 fully saturated rings. The number of thioether (sulfide) groups is 1. The van der Waals surface area contributed by atoms with E-state index in [0.29, 0.717) is 46.2 Å². The molecule has 1 atom stereocenters. The number of nitrogens with one attached hydrogen (secondary N) is 3. The Labute approximate surface area is 267 Å². The van der Waals surface area contributed by atoms with Crippen molar-refractivity contribution in [1.29, 1.82) is 0 Å². The molecule has 4 aromatic carbocycles. The SMILES string of the molecule is CCC(Sc1cccc(NC(=O)/C(=C/c2cccc(OC)c2)NC(=O)c2ccccc2)c1)C(=O)Nc1cc(OC)cc(OC)c1. The Bertz CT molecular complexity index is 1650. The molecule has 9 nitrogen and oxygen atoms in total. The van der Waals surface area contributed by atoms with Crippen LogP contribution in [-0.2, 0) is 9.59 Å². The monoisotopic (exact) mass is 625 g/mol. The van der Waals surface area contributed by atoms with Gasteiger partial charge in [0.2, 0.25) is 5.91 Å². The minimum Gasteiger partial charge on any atom is -0.497 e. The molecular weight excluding hydrogens is 590 g/mol. The van der Waals surface area contributed by atoms with E-state index >= 15 is 0 Å². The number of carbonyl (C=O) groups excluding carboxylic acids is 3. The van der Waals surface area contributed by atoms with Crippen LogP contribution in [-0.4, -0.2) is 44.3 Å². The summed E-state index contributed by atoms with van der Waals surface area (Å²) >= 11 is 1.38. The fourth-order valence-electron chi connectivity index (χ4n) is 4.27. The average molecular weight is 626 g/mol. The number of benzene rings is 4. The molecular formula is C35H35N3O6S. The van der Waals surface area contributed by atoms with Gasteiger partial charge in [-0.15, -0.1) is 11.8 Å². The van der Waals surface area contributed by atoms with E-state index in [1.54, 1.807) is 112 Å². The summed E-state index contributed by atoms with van der Waals surface area (Å²) < 4.78 is 15.9. The first-order valence-electron chi connectivity index (χ1n) is 14.2. The number of rotatable bonds is 13. The first kappa shape index (κ1) is 32.7. The van der Waals surface area contributed by atoms with E-state index in [2.05, 4.69) is 16.0 Å². The third-order valence-electron chi connectivity index (χ3n) is 6.59. The third-order valence-corrected chi connectivity index (χ3v) is 7.94. The zero-order valence-corrected chi connectivity index (χ0v) is 26.3. The Balaban J connectivity index is 1.51. The van der Waals surface area contributed by atoms with Crippen molar-refractivity contribution in [3.05, 3.63) is 114 Å². The lowest BCUT2D eigenvalue weighted by atomic mass is 10.1. The summed E-state index contributed by atoms with van der Waals surface area (Å²) in [5.41, 5.74) is 2.20. The molecule has 3 N–H and O–H groups in total. The van der Waals surface area contributed by atoms with Crippen molar-refractivity contribution in [3.63, 3.8) is 0 Å². The van der Waals surface area contributed by atoms with Crippen LogP contribution in [0.4, 0.5) is 11.4 Å². The van der Waals surface area contributed by atoms with Crippen LogP contribution >= 0.6 is 11.8 Å². The summed E-state index contributed by atoms with van der Waals surface area (Å²) in [4.78, 5) is 40.5. The molecule has 0 aliphatic heterocycles. The van der Waals surface area contributed by atoms with Crippen molar-refractivity contribution in [2.75, 3.05) is 32.0 Å². The van der Waals surface area contributed by atoms with Gasteiger partial charge in [0.15, 0.2) is 0 Å². The smallest absolute Gasteiger partial charge is 0.272 e. The number of carbonyl (C=O) groups is 3. The van der Waals surface area contributed by atoms with Gasteiger partial charge in [0, 0.05) is 40.0 Å². The number of ether oxygens (including phenoxy) is 3. The molecule has 0 saturated heterocycles. The molecule has 3 amide bonds. The van der Waals surface area contributed by atoms with Gasteiger partial charge >= 0.3 is 0 Å². The topological polar surface area (TPSA) is 115 Å². The largest absolute Gasteiger partial charge is 0.497 e. The van der Waals surface area contributed by atoms with E-state index in [1.807, 2.05) is 19.1 Å². The van der Waals surface area contributed by atoms with Gasteiger partial charge in [-0.3, -0.25) is 14.4 Å². The molecule has 4 rings (SSSR count). The zero-order valence-electron chi connectivity index (χ0n) is 25.5. The summed E-state index contributed by atoms with van der Waals surface area (Å²) in [6.45, 7) is 1.93. The van der Waals surface area contributed by atoms with Gasteiger partial charge in [0.25, 0.3) is 11.8 Å². The highest BCUT2D eigenvalue weighted by Crippen LogP contribution is 2.30. The van der Waals surface area contributed by atoms with E-state index in [9.17, 15) is 14.4 Å². The number of hydrogen-bond acceptors (Lipinski definition) is 7. The minimum atomic E-state index is -0.513. The third kappa shape index (κ3) is 9.38. The summed E-state index contributed by atoms with van der Waals surface area (Å²) in [6.07, 6.45) is 2.15. The second-order valence-corrected chi connectivity index (χ2v) is 11.0. The molecule has 0 aromatic heterocycles. The second-order valence-electron chi connectivity index (χ2n) is 9.74. The van der Waals surface area contributed by atoms with Crippen molar-refractivity contribution in [3.8, 4) is 17.2 Å². The van der Waals surface area contributed by atoms with E-state index in [4.69, 9.17) is 14.2 Å². The molecule has 1 unspecified atom stereocenters. The summed E-state index contributed by atoms with van der Waals surface area (Å²) in [7, 11) is 4.65. The van der Waals surface area contributed by atoms with Crippen LogP contribution < -0.4 is 30.2 Å². The summed E-state index contributed by atoms with van der Waals surface area (Å²) in [5, 5.41) is 8.15. The second kappa shape index (κ2) is 16.0. The Kier molecular flexibility index (Phi) is 11.6. The summed E-state index contributed by atoms with van der Waals surface area (Å²) in [5.74, 6) is 0.625. The van der Waals surface area contributed by atoms with Crippen LogP contribution in [0.15, 0.2) is 108 Å². The Morgan fingerprint density at radius 1 is 0.733 bits per heavy atom. The molecule has 0 spiro atoms. The Hall–Kier alpha value is -5.22. The molecule has 4 aromatic rings. The lowest BCUT2D eigenvalue weighted by Gasteiger charge is -2.17. The molecule has 0 radical (unpaired) electrons. The van der Waals surface area contributed by atoms with Crippen LogP contribution in [0.2, 0.25) is 0 Å². The fourth-order valence-corrected chi connectivity index (χ4v) is 5.29. The quantitative estimate of drug-likeness (QED) is 0.113. The molecule has 0 heterocycles. The van der Waals surface area contributed by atoms with E-state index < -0.39 is 17.1 Å². The molecule has 10 heteroatoms.